The smallest absolute Gasteiger partial charge is 0.748 e. The average molecular weight is 928 g/mol. The molecule has 64 heavy (non-hydrogen) atoms. The van der Waals surface area contributed by atoms with E-state index in [0.29, 0.717) is 59.8 Å². The molecule has 336 valence electrons. The number of imide groups is 1. The molecule has 1 saturated heterocycles. The van der Waals surface area contributed by atoms with Crippen LogP contribution in [0.1, 0.15) is 62.3 Å². The Balaban J connectivity index is 0.00000771. The Bertz CT molecular complexity index is 2670. The van der Waals surface area contributed by atoms with E-state index in [0.717, 1.165) is 27.6 Å². The summed E-state index contributed by atoms with van der Waals surface area (Å²) in [5, 5.41) is 1.36. The number of hydroxylamine groups is 2. The van der Waals surface area contributed by atoms with Gasteiger partial charge in [0, 0.05) is 79.8 Å². The van der Waals surface area contributed by atoms with Gasteiger partial charge in [0.25, 0.3) is 11.8 Å². The Labute approximate surface area is 395 Å². The fourth-order valence-corrected chi connectivity index (χ4v) is 9.12. The molecule has 0 aromatic heterocycles. The van der Waals surface area contributed by atoms with Gasteiger partial charge >= 0.3 is 35.5 Å². The fraction of sp³-hybridized carbons (Fsp3) is 0.378. The molecule has 1 aliphatic carbocycles. The molecule has 1 fully saturated rings. The van der Waals surface area contributed by atoms with E-state index in [2.05, 4.69) is 4.58 Å². The predicted molar refractivity (Wildman–Crippen MR) is 231 cm³/mol. The first-order valence-electron chi connectivity index (χ1n) is 20.4. The number of rotatable bonds is 19. The number of methoxy groups -OCH3 is 2. The number of hydrogen-bond donors (Lipinski definition) is 0. The van der Waals surface area contributed by atoms with Gasteiger partial charge in [0.1, 0.15) is 34.9 Å². The van der Waals surface area contributed by atoms with Crippen LogP contribution < -0.4 is 44.4 Å². The molecule has 0 N–H and O–H groups in total. The van der Waals surface area contributed by atoms with Crippen LogP contribution in [-0.4, -0.2) is 102 Å². The SMILES string of the molecule is COCC[N+](CCOC)=c1ccc2c(-c3ccccc3)c(C)c(/C=C/C=C3/N(CCCS(=O)(=O)[O-])c4ccc(S(=O)(=O)[O-])cc4C3(C)CCCC(=O)ON3C(=O)CCC3=O)oc-2c1.[Na+]. The zero-order valence-corrected chi connectivity index (χ0v) is 40.2. The maximum absolute atomic E-state index is 12.9. The van der Waals surface area contributed by atoms with Gasteiger partial charge in [-0.25, -0.2) is 26.2 Å². The molecule has 0 spiro atoms. The maximum atomic E-state index is 12.9. The third-order valence-corrected chi connectivity index (χ3v) is 12.9. The summed E-state index contributed by atoms with van der Waals surface area (Å²) < 4.78 is 91.6. The topological polar surface area (TPSA) is 216 Å². The van der Waals surface area contributed by atoms with Crippen LogP contribution in [0.5, 0.6) is 0 Å². The summed E-state index contributed by atoms with van der Waals surface area (Å²) in [6.07, 6.45) is 5.14. The van der Waals surface area contributed by atoms with Gasteiger partial charge in [-0.1, -0.05) is 36.4 Å². The molecule has 2 aromatic rings. The van der Waals surface area contributed by atoms with Gasteiger partial charge in [-0.05, 0) is 86.2 Å². The van der Waals surface area contributed by atoms with E-state index in [9.17, 15) is 40.3 Å². The molecule has 2 aromatic carbocycles. The van der Waals surface area contributed by atoms with Crippen LogP contribution in [0.15, 0.2) is 93.9 Å². The van der Waals surface area contributed by atoms with Crippen molar-refractivity contribution in [2.24, 2.45) is 0 Å². The van der Waals surface area contributed by atoms with E-state index < -0.39 is 54.1 Å². The quantitative estimate of drug-likeness (QED) is 0.0567. The number of carbonyl (C=O) groups is 3. The summed E-state index contributed by atoms with van der Waals surface area (Å²) in [5.74, 6) is -1.62. The van der Waals surface area contributed by atoms with E-state index >= 15 is 0 Å². The van der Waals surface area contributed by atoms with Gasteiger partial charge in [0.05, 0.1) is 21.1 Å². The van der Waals surface area contributed by atoms with Crippen LogP contribution in [0.2, 0.25) is 0 Å². The first-order chi connectivity index (χ1) is 29.9. The zero-order chi connectivity index (χ0) is 45.5. The van der Waals surface area contributed by atoms with E-state index in [-0.39, 0.29) is 74.6 Å². The molecule has 1 unspecified atom stereocenters. The van der Waals surface area contributed by atoms with Crippen LogP contribution in [0.3, 0.4) is 0 Å². The van der Waals surface area contributed by atoms with Crippen molar-refractivity contribution in [3.8, 4) is 22.5 Å². The largest absolute Gasteiger partial charge is 1.00 e. The summed E-state index contributed by atoms with van der Waals surface area (Å²) >= 11 is 0. The molecule has 1 atom stereocenters. The van der Waals surface area contributed by atoms with Crippen LogP contribution in [0, 0.1) is 6.92 Å². The molecule has 0 saturated carbocycles. The van der Waals surface area contributed by atoms with Gasteiger partial charge in [-0.3, -0.25) is 9.59 Å². The van der Waals surface area contributed by atoms with E-state index in [4.69, 9.17) is 18.7 Å². The molecule has 19 heteroatoms. The first kappa shape index (κ1) is 50.5. The van der Waals surface area contributed by atoms with Crippen molar-refractivity contribution < 1.29 is 88.6 Å². The number of amides is 2. The van der Waals surface area contributed by atoms with Gasteiger partial charge in [-0.2, -0.15) is 0 Å². The van der Waals surface area contributed by atoms with Crippen molar-refractivity contribution in [3.05, 3.63) is 107 Å². The maximum Gasteiger partial charge on any atom is 1.00 e. The number of fused-ring (bicyclic) bond motifs is 2. The number of nitrogens with zero attached hydrogens (tertiary/aromatic N) is 3. The van der Waals surface area contributed by atoms with Gasteiger partial charge < -0.3 is 32.7 Å². The van der Waals surface area contributed by atoms with E-state index in [1.165, 1.54) is 18.2 Å². The molecule has 3 aliphatic heterocycles. The number of carbonyl (C=O) groups excluding carboxylic acids is 3. The molecule has 0 radical (unpaired) electrons. The average Bonchev–Trinajstić information content (AvgIpc) is 3.67. The minimum atomic E-state index is -4.92. The molecular formula is C45H50N3NaO13S2. The summed E-state index contributed by atoms with van der Waals surface area (Å²) in [6.45, 7) is 6.00. The summed E-state index contributed by atoms with van der Waals surface area (Å²) in [7, 11) is -6.22. The van der Waals surface area contributed by atoms with Crippen molar-refractivity contribution in [1.29, 1.82) is 0 Å². The van der Waals surface area contributed by atoms with Crippen LogP contribution >= 0.6 is 0 Å². The van der Waals surface area contributed by atoms with E-state index in [1.54, 1.807) is 44.3 Å². The van der Waals surface area contributed by atoms with Crippen LogP contribution in [0.25, 0.3) is 28.5 Å². The number of ether oxygens (including phenoxy) is 2. The summed E-state index contributed by atoms with van der Waals surface area (Å²) in [4.78, 5) is 43.4. The summed E-state index contributed by atoms with van der Waals surface area (Å²) in [5.41, 5.74) is 3.96. The van der Waals surface area contributed by atoms with Gasteiger partial charge in [-0.15, -0.1) is 5.06 Å². The standard InChI is InChI=1S/C45H51N3O13S2.Na/c1-31-38(60-39-29-33(46(24-26-58-3)25-27-59-4)16-18-35(39)44(31)32-11-6-5-7-12-32)13-8-14-40-45(2,22-9-15-43(51)61-48-41(49)20-21-42(48)50)36-30-34(63(55,56)57)17-19-37(36)47(40)23-10-28-62(52,53)54;/h5-8,11-14,16-19,29-30H,9-10,15,20-28H2,1-4H3,(H-,52,53,54,55,56,57);/q;+1/p-1. The third kappa shape index (κ3) is 11.8. The number of allylic oxidation sites excluding steroid dienone is 3. The molecule has 16 nitrogen and oxygen atoms in total. The van der Waals surface area contributed by atoms with Crippen molar-refractivity contribution in [3.63, 3.8) is 0 Å². The van der Waals surface area contributed by atoms with Crippen LogP contribution in [-0.2, 0) is 54.3 Å². The minimum Gasteiger partial charge on any atom is -0.748 e. The molecule has 4 aliphatic rings. The monoisotopic (exact) mass is 927 g/mol. The zero-order valence-electron chi connectivity index (χ0n) is 36.5. The Morgan fingerprint density at radius 2 is 1.59 bits per heavy atom. The van der Waals surface area contributed by atoms with Crippen molar-refractivity contribution in [2.75, 3.05) is 57.7 Å². The van der Waals surface area contributed by atoms with Crippen molar-refractivity contribution in [2.45, 2.75) is 62.7 Å². The van der Waals surface area contributed by atoms with Gasteiger partial charge in [0.15, 0.2) is 13.1 Å². The van der Waals surface area contributed by atoms with Crippen molar-refractivity contribution in [1.82, 2.24) is 9.64 Å². The molecule has 2 amide bonds. The van der Waals surface area contributed by atoms with Gasteiger partial charge in [0.2, 0.25) is 5.36 Å². The summed E-state index contributed by atoms with van der Waals surface area (Å²) in [6, 6.07) is 19.8. The second-order valence-electron chi connectivity index (χ2n) is 15.5. The molecule has 6 rings (SSSR count). The second-order valence-corrected chi connectivity index (χ2v) is 18.4. The molecular weight excluding hydrogens is 878 g/mol. The Morgan fingerprint density at radius 3 is 2.22 bits per heavy atom. The minimum absolute atomic E-state index is 0. The number of hydrogen-bond acceptors (Lipinski definition) is 14. The Morgan fingerprint density at radius 1 is 0.922 bits per heavy atom. The third-order valence-electron chi connectivity index (χ3n) is 11.3. The van der Waals surface area contributed by atoms with Crippen LogP contribution in [0.4, 0.5) is 5.69 Å². The number of anilines is 1. The fourth-order valence-electron chi connectivity index (χ4n) is 8.14. The first-order valence-corrected chi connectivity index (χ1v) is 23.4. The Kier molecular flexibility index (Phi) is 17.1. The van der Waals surface area contributed by atoms with Crippen molar-refractivity contribution >= 4 is 49.8 Å². The van der Waals surface area contributed by atoms with E-state index in [1.807, 2.05) is 55.5 Å². The second kappa shape index (κ2) is 21.7. The molecule has 3 heterocycles. The normalized spacial score (nSPS) is 17.1. The predicted octanol–water partition coefficient (Wildman–Crippen LogP) is 1.72. The Hall–Kier alpha value is -4.50. The number of benzene rings is 3. The molecule has 0 bridgehead atoms.